The van der Waals surface area contributed by atoms with E-state index in [1.165, 1.54) is 6.26 Å². The number of urea groups is 1. The van der Waals surface area contributed by atoms with Crippen molar-refractivity contribution >= 4 is 15.9 Å². The molecule has 0 atom stereocenters. The van der Waals surface area contributed by atoms with Gasteiger partial charge < -0.3 is 16.0 Å². The molecule has 1 aliphatic heterocycles. The Balaban J connectivity index is 1.83. The highest BCUT2D eigenvalue weighted by atomic mass is 32.2. The van der Waals surface area contributed by atoms with Crippen LogP contribution in [-0.4, -0.2) is 44.7 Å². The number of hydrogen-bond acceptors (Lipinski definition) is 4. The van der Waals surface area contributed by atoms with Crippen LogP contribution in [0.1, 0.15) is 18.4 Å². The first-order valence-electron chi connectivity index (χ1n) is 6.93. The number of nitrogens with one attached hydrogen (secondary N) is 1. The predicted octanol–water partition coefficient (Wildman–Crippen LogP) is 0.723. The number of nitrogens with zero attached hydrogens (tertiary/aromatic N) is 1. The van der Waals surface area contributed by atoms with E-state index < -0.39 is 9.84 Å². The summed E-state index contributed by atoms with van der Waals surface area (Å²) in [6.45, 7) is 2.05. The third kappa shape index (κ3) is 4.44. The number of carbonyl (C=O) groups is 1. The van der Waals surface area contributed by atoms with Crippen LogP contribution in [0.3, 0.4) is 0 Å². The average Bonchev–Trinajstić information content (AvgIpc) is 2.45. The van der Waals surface area contributed by atoms with Crippen LogP contribution in [0.2, 0.25) is 0 Å². The standard InChI is InChI=1S/C14H21N3O3S/c1-21(19,20)13-4-2-11(3-5-13)10-16-12-6-8-17(9-7-12)14(15)18/h2-5,12,16H,6-10H2,1H3,(H2,15,18). The molecular weight excluding hydrogens is 290 g/mol. The first-order chi connectivity index (χ1) is 9.86. The largest absolute Gasteiger partial charge is 0.351 e. The molecule has 2 rings (SSSR count). The third-order valence-corrected chi connectivity index (χ3v) is 4.88. The van der Waals surface area contributed by atoms with Gasteiger partial charge in [-0.2, -0.15) is 0 Å². The zero-order chi connectivity index (χ0) is 15.5. The van der Waals surface area contributed by atoms with Crippen LogP contribution in [0, 0.1) is 0 Å². The molecule has 1 fully saturated rings. The fourth-order valence-electron chi connectivity index (χ4n) is 2.42. The number of hydrogen-bond donors (Lipinski definition) is 2. The minimum absolute atomic E-state index is 0.334. The van der Waals surface area contributed by atoms with E-state index in [0.717, 1.165) is 18.4 Å². The number of primary amides is 1. The van der Waals surface area contributed by atoms with Crippen molar-refractivity contribution < 1.29 is 13.2 Å². The summed E-state index contributed by atoms with van der Waals surface area (Å²) < 4.78 is 22.8. The van der Waals surface area contributed by atoms with Crippen LogP contribution >= 0.6 is 0 Å². The highest BCUT2D eigenvalue weighted by molar-refractivity contribution is 7.90. The molecule has 0 spiro atoms. The lowest BCUT2D eigenvalue weighted by Gasteiger charge is -2.31. The van der Waals surface area contributed by atoms with Crippen molar-refractivity contribution in [3.8, 4) is 0 Å². The Hall–Kier alpha value is -1.60. The van der Waals surface area contributed by atoms with E-state index in [4.69, 9.17) is 5.73 Å². The summed E-state index contributed by atoms with van der Waals surface area (Å²) in [6.07, 6.45) is 2.96. The van der Waals surface area contributed by atoms with Crippen LogP contribution in [-0.2, 0) is 16.4 Å². The minimum Gasteiger partial charge on any atom is -0.351 e. The van der Waals surface area contributed by atoms with Gasteiger partial charge in [-0.3, -0.25) is 0 Å². The number of piperidine rings is 1. The van der Waals surface area contributed by atoms with E-state index in [0.29, 0.717) is 30.6 Å². The molecule has 1 aliphatic rings. The summed E-state index contributed by atoms with van der Waals surface area (Å²) in [4.78, 5) is 13.0. The smallest absolute Gasteiger partial charge is 0.314 e. The summed E-state index contributed by atoms with van der Waals surface area (Å²) in [5, 5.41) is 3.43. The highest BCUT2D eigenvalue weighted by Crippen LogP contribution is 2.13. The Morgan fingerprint density at radius 2 is 1.86 bits per heavy atom. The zero-order valence-corrected chi connectivity index (χ0v) is 12.9. The second-order valence-corrected chi connectivity index (χ2v) is 7.41. The van der Waals surface area contributed by atoms with E-state index in [1.807, 2.05) is 12.1 Å². The van der Waals surface area contributed by atoms with Crippen molar-refractivity contribution in [3.63, 3.8) is 0 Å². The van der Waals surface area contributed by atoms with Crippen LogP contribution < -0.4 is 11.1 Å². The van der Waals surface area contributed by atoms with Crippen LogP contribution in [0.25, 0.3) is 0 Å². The molecule has 6 nitrogen and oxygen atoms in total. The molecule has 1 saturated heterocycles. The molecule has 0 radical (unpaired) electrons. The Labute approximate surface area is 125 Å². The van der Waals surface area contributed by atoms with E-state index in [9.17, 15) is 13.2 Å². The van der Waals surface area contributed by atoms with E-state index in [2.05, 4.69) is 5.32 Å². The van der Waals surface area contributed by atoms with Gasteiger partial charge in [0.05, 0.1) is 4.90 Å². The summed E-state index contributed by atoms with van der Waals surface area (Å²) in [5.41, 5.74) is 6.29. The lowest BCUT2D eigenvalue weighted by molar-refractivity contribution is 0.185. The lowest BCUT2D eigenvalue weighted by Crippen LogP contribution is -2.46. The minimum atomic E-state index is -3.14. The second-order valence-electron chi connectivity index (χ2n) is 5.40. The van der Waals surface area contributed by atoms with Crippen LogP contribution in [0.4, 0.5) is 4.79 Å². The molecule has 2 amide bonds. The second kappa shape index (κ2) is 6.44. The van der Waals surface area contributed by atoms with Gasteiger partial charge in [0.1, 0.15) is 0 Å². The predicted molar refractivity (Wildman–Crippen MR) is 80.6 cm³/mol. The van der Waals surface area contributed by atoms with Crippen molar-refractivity contribution in [2.75, 3.05) is 19.3 Å². The topological polar surface area (TPSA) is 92.5 Å². The van der Waals surface area contributed by atoms with Crippen LogP contribution in [0.5, 0.6) is 0 Å². The van der Waals surface area contributed by atoms with Gasteiger partial charge in [0.2, 0.25) is 0 Å². The lowest BCUT2D eigenvalue weighted by atomic mass is 10.0. The number of rotatable bonds is 4. The maximum absolute atomic E-state index is 11.4. The van der Waals surface area contributed by atoms with E-state index in [-0.39, 0.29) is 6.03 Å². The normalized spacial score (nSPS) is 16.9. The molecule has 0 unspecified atom stereocenters. The number of amides is 2. The van der Waals surface area contributed by atoms with Crippen molar-refractivity contribution in [3.05, 3.63) is 29.8 Å². The van der Waals surface area contributed by atoms with Crippen molar-refractivity contribution in [1.82, 2.24) is 10.2 Å². The van der Waals surface area contributed by atoms with Gasteiger partial charge in [-0.15, -0.1) is 0 Å². The molecule has 1 aromatic rings. The Bertz CT molecular complexity index is 590. The van der Waals surface area contributed by atoms with Gasteiger partial charge in [0, 0.05) is 31.9 Å². The molecule has 1 aromatic carbocycles. The fourth-order valence-corrected chi connectivity index (χ4v) is 3.05. The number of benzene rings is 1. The number of sulfone groups is 1. The molecule has 21 heavy (non-hydrogen) atoms. The molecule has 0 aliphatic carbocycles. The summed E-state index contributed by atoms with van der Waals surface area (Å²) in [7, 11) is -3.14. The highest BCUT2D eigenvalue weighted by Gasteiger charge is 2.20. The summed E-state index contributed by atoms with van der Waals surface area (Å²) in [6, 6.07) is 6.90. The van der Waals surface area contributed by atoms with Crippen molar-refractivity contribution in [2.45, 2.75) is 30.3 Å². The van der Waals surface area contributed by atoms with Gasteiger partial charge in [-0.1, -0.05) is 12.1 Å². The van der Waals surface area contributed by atoms with Crippen molar-refractivity contribution in [1.29, 1.82) is 0 Å². The van der Waals surface area contributed by atoms with Crippen LogP contribution in [0.15, 0.2) is 29.2 Å². The SMILES string of the molecule is CS(=O)(=O)c1ccc(CNC2CCN(C(N)=O)CC2)cc1. The molecule has 0 bridgehead atoms. The maximum atomic E-state index is 11.4. The van der Waals surface area contributed by atoms with Gasteiger partial charge in [0.15, 0.2) is 9.84 Å². The summed E-state index contributed by atoms with van der Waals surface area (Å²) in [5.74, 6) is 0. The Morgan fingerprint density at radius 3 is 2.33 bits per heavy atom. The number of nitrogens with two attached hydrogens (primary N) is 1. The fraction of sp³-hybridized carbons (Fsp3) is 0.500. The van der Waals surface area contributed by atoms with Crippen molar-refractivity contribution in [2.24, 2.45) is 5.73 Å². The van der Waals surface area contributed by atoms with Gasteiger partial charge in [-0.05, 0) is 30.5 Å². The molecular formula is C14H21N3O3S. The Kier molecular flexibility index (Phi) is 4.84. The molecule has 116 valence electrons. The number of carbonyl (C=O) groups excluding carboxylic acids is 1. The van der Waals surface area contributed by atoms with Gasteiger partial charge >= 0.3 is 6.03 Å². The first kappa shape index (κ1) is 15.8. The monoisotopic (exact) mass is 311 g/mol. The zero-order valence-electron chi connectivity index (χ0n) is 12.1. The average molecular weight is 311 g/mol. The van der Waals surface area contributed by atoms with Gasteiger partial charge in [-0.25, -0.2) is 13.2 Å². The summed E-state index contributed by atoms with van der Waals surface area (Å²) >= 11 is 0. The first-order valence-corrected chi connectivity index (χ1v) is 8.82. The third-order valence-electron chi connectivity index (χ3n) is 3.75. The van der Waals surface area contributed by atoms with E-state index in [1.54, 1.807) is 17.0 Å². The maximum Gasteiger partial charge on any atom is 0.314 e. The molecule has 1 heterocycles. The molecule has 0 aromatic heterocycles. The Morgan fingerprint density at radius 1 is 1.29 bits per heavy atom. The molecule has 0 saturated carbocycles. The quantitative estimate of drug-likeness (QED) is 0.857. The molecule has 7 heteroatoms. The van der Waals surface area contributed by atoms with Gasteiger partial charge in [0.25, 0.3) is 0 Å². The van der Waals surface area contributed by atoms with E-state index >= 15 is 0 Å². The molecule has 3 N–H and O–H groups in total. The number of likely N-dealkylation sites (tertiary alicyclic amines) is 1.